The van der Waals surface area contributed by atoms with Gasteiger partial charge in [0.1, 0.15) is 23.1 Å². The van der Waals surface area contributed by atoms with E-state index in [0.717, 1.165) is 12.0 Å². The number of halogens is 1. The number of carbonyl (C=O) groups is 1. The van der Waals surface area contributed by atoms with E-state index >= 15 is 0 Å². The van der Waals surface area contributed by atoms with Crippen molar-refractivity contribution in [1.29, 1.82) is 5.26 Å². The molecule has 1 saturated heterocycles. The van der Waals surface area contributed by atoms with Gasteiger partial charge in [0, 0.05) is 25.7 Å². The fourth-order valence-corrected chi connectivity index (χ4v) is 3.38. The van der Waals surface area contributed by atoms with Gasteiger partial charge in [-0.05, 0) is 57.7 Å². The predicted octanol–water partition coefficient (Wildman–Crippen LogP) is 4.34. The smallest absolute Gasteiger partial charge is 0.410 e. The summed E-state index contributed by atoms with van der Waals surface area (Å²) < 4.78 is 19.9. The predicted molar refractivity (Wildman–Crippen MR) is 104 cm³/mol. The lowest BCUT2D eigenvalue weighted by Crippen LogP contribution is -2.54. The molecule has 6 heteroatoms. The van der Waals surface area contributed by atoms with Crippen molar-refractivity contribution in [3.63, 3.8) is 0 Å². The normalized spacial score (nSPS) is 17.8. The zero-order valence-corrected chi connectivity index (χ0v) is 17.2. The summed E-state index contributed by atoms with van der Waals surface area (Å²) >= 11 is 0. The molecular formula is C21H30FN3O2. The second-order valence-corrected chi connectivity index (χ2v) is 8.65. The van der Waals surface area contributed by atoms with Crippen LogP contribution in [0.2, 0.25) is 0 Å². The molecule has 0 saturated carbocycles. The molecule has 1 aliphatic rings. The molecule has 0 aliphatic carbocycles. The highest BCUT2D eigenvalue weighted by molar-refractivity contribution is 5.69. The second kappa shape index (κ2) is 8.16. The Morgan fingerprint density at radius 2 is 2.04 bits per heavy atom. The number of rotatable bonds is 3. The number of hydrogen-bond donors (Lipinski definition) is 0. The van der Waals surface area contributed by atoms with Crippen LogP contribution in [-0.4, -0.2) is 42.3 Å². The molecule has 0 radical (unpaired) electrons. The van der Waals surface area contributed by atoms with E-state index in [0.29, 0.717) is 31.2 Å². The summed E-state index contributed by atoms with van der Waals surface area (Å²) in [7, 11) is 0. The molecule has 0 spiro atoms. The molecule has 1 aromatic rings. The number of anilines is 1. The number of amides is 1. The number of benzene rings is 1. The van der Waals surface area contributed by atoms with Gasteiger partial charge >= 0.3 is 6.09 Å². The molecule has 1 heterocycles. The van der Waals surface area contributed by atoms with Crippen molar-refractivity contribution in [3.05, 3.63) is 29.1 Å². The standard InChI is InChI=1S/C21H30FN3O2/c1-14(2)9-16-10-18(22)17(12-23)19(11-16)25-8-7-24(13-15(25)3)20(26)27-21(4,5)6/h10-11,14-15H,7-9,13H2,1-6H3. The highest BCUT2D eigenvalue weighted by atomic mass is 19.1. The largest absolute Gasteiger partial charge is 0.444 e. The quantitative estimate of drug-likeness (QED) is 0.788. The van der Waals surface area contributed by atoms with Crippen LogP contribution in [0.25, 0.3) is 0 Å². The maximum Gasteiger partial charge on any atom is 0.410 e. The van der Waals surface area contributed by atoms with E-state index in [1.54, 1.807) is 4.90 Å². The number of hydrogen-bond acceptors (Lipinski definition) is 4. The van der Waals surface area contributed by atoms with Crippen molar-refractivity contribution in [2.24, 2.45) is 5.92 Å². The average molecular weight is 375 g/mol. The minimum atomic E-state index is -0.542. The lowest BCUT2D eigenvalue weighted by Gasteiger charge is -2.41. The van der Waals surface area contributed by atoms with Gasteiger partial charge in [0.05, 0.1) is 5.69 Å². The Hall–Kier alpha value is -2.29. The molecule has 0 N–H and O–H groups in total. The lowest BCUT2D eigenvalue weighted by atomic mass is 9.98. The van der Waals surface area contributed by atoms with Gasteiger partial charge < -0.3 is 14.5 Å². The summed E-state index contributed by atoms with van der Waals surface area (Å²) in [5.74, 6) is -0.0842. The maximum absolute atomic E-state index is 14.5. The first-order chi connectivity index (χ1) is 12.5. The van der Waals surface area contributed by atoms with Crippen LogP contribution in [0.4, 0.5) is 14.9 Å². The number of carbonyl (C=O) groups excluding carboxylic acids is 1. The van der Waals surface area contributed by atoms with Crippen molar-refractivity contribution in [3.8, 4) is 6.07 Å². The van der Waals surface area contributed by atoms with E-state index in [1.807, 2.05) is 44.7 Å². The van der Waals surface area contributed by atoms with Crippen molar-refractivity contribution in [1.82, 2.24) is 4.90 Å². The topological polar surface area (TPSA) is 56.6 Å². The van der Waals surface area contributed by atoms with Gasteiger partial charge in [-0.25, -0.2) is 9.18 Å². The third kappa shape index (κ3) is 5.35. The van der Waals surface area contributed by atoms with E-state index in [2.05, 4.69) is 13.8 Å². The third-order valence-corrected chi connectivity index (χ3v) is 4.47. The van der Waals surface area contributed by atoms with Crippen LogP contribution in [-0.2, 0) is 11.2 Å². The van der Waals surface area contributed by atoms with Crippen molar-refractivity contribution in [2.45, 2.75) is 59.6 Å². The summed E-state index contributed by atoms with van der Waals surface area (Å²) in [5, 5.41) is 9.46. The molecule has 1 aliphatic heterocycles. The first kappa shape index (κ1) is 21.0. The van der Waals surface area contributed by atoms with Crippen LogP contribution >= 0.6 is 0 Å². The zero-order valence-electron chi connectivity index (χ0n) is 17.2. The van der Waals surface area contributed by atoms with E-state index in [4.69, 9.17) is 4.74 Å². The molecule has 27 heavy (non-hydrogen) atoms. The summed E-state index contributed by atoms with van der Waals surface area (Å²) in [6.45, 7) is 13.1. The van der Waals surface area contributed by atoms with Gasteiger partial charge in [0.2, 0.25) is 0 Å². The first-order valence-corrected chi connectivity index (χ1v) is 9.49. The molecule has 1 fully saturated rings. The molecule has 1 atom stereocenters. The van der Waals surface area contributed by atoms with Crippen molar-refractivity contribution in [2.75, 3.05) is 24.5 Å². The summed E-state index contributed by atoms with van der Waals surface area (Å²) in [5.41, 5.74) is 1.03. The minimum absolute atomic E-state index is 0.0490. The van der Waals surface area contributed by atoms with Crippen LogP contribution in [0, 0.1) is 23.1 Å². The summed E-state index contributed by atoms with van der Waals surface area (Å²) in [6.07, 6.45) is 0.413. The van der Waals surface area contributed by atoms with Gasteiger partial charge in [0.15, 0.2) is 0 Å². The Morgan fingerprint density at radius 3 is 2.56 bits per heavy atom. The van der Waals surface area contributed by atoms with Gasteiger partial charge in [-0.15, -0.1) is 0 Å². The Kier molecular flexibility index (Phi) is 6.35. The third-order valence-electron chi connectivity index (χ3n) is 4.47. The minimum Gasteiger partial charge on any atom is -0.444 e. The van der Waals surface area contributed by atoms with Crippen LogP contribution in [0.1, 0.15) is 52.7 Å². The van der Waals surface area contributed by atoms with Crippen molar-refractivity contribution >= 4 is 11.8 Å². The number of piperazine rings is 1. The van der Waals surface area contributed by atoms with Crippen LogP contribution < -0.4 is 4.90 Å². The molecule has 1 amide bonds. The molecule has 1 aromatic carbocycles. The fourth-order valence-electron chi connectivity index (χ4n) is 3.38. The molecule has 5 nitrogen and oxygen atoms in total. The summed E-state index contributed by atoms with van der Waals surface area (Å²) in [6, 6.07) is 5.34. The second-order valence-electron chi connectivity index (χ2n) is 8.65. The van der Waals surface area contributed by atoms with E-state index in [-0.39, 0.29) is 17.7 Å². The fraction of sp³-hybridized carbons (Fsp3) is 0.619. The molecular weight excluding hydrogens is 345 g/mol. The van der Waals surface area contributed by atoms with Crippen molar-refractivity contribution < 1.29 is 13.9 Å². The highest BCUT2D eigenvalue weighted by Gasteiger charge is 2.31. The monoisotopic (exact) mass is 375 g/mol. The molecule has 148 valence electrons. The first-order valence-electron chi connectivity index (χ1n) is 9.49. The van der Waals surface area contributed by atoms with Crippen LogP contribution in [0.5, 0.6) is 0 Å². The van der Waals surface area contributed by atoms with Gasteiger partial charge in [-0.3, -0.25) is 0 Å². The highest BCUT2D eigenvalue weighted by Crippen LogP contribution is 2.29. The molecule has 0 aromatic heterocycles. The van der Waals surface area contributed by atoms with Crippen LogP contribution in [0.15, 0.2) is 12.1 Å². The number of nitrogens with zero attached hydrogens (tertiary/aromatic N) is 3. The maximum atomic E-state index is 14.5. The molecule has 1 unspecified atom stereocenters. The van der Waals surface area contributed by atoms with E-state index in [9.17, 15) is 14.4 Å². The molecule has 0 bridgehead atoms. The van der Waals surface area contributed by atoms with E-state index < -0.39 is 11.4 Å². The number of nitriles is 1. The lowest BCUT2D eigenvalue weighted by molar-refractivity contribution is 0.0218. The Bertz CT molecular complexity index is 734. The number of ether oxygens (including phenoxy) is 1. The van der Waals surface area contributed by atoms with Crippen LogP contribution in [0.3, 0.4) is 0 Å². The summed E-state index contributed by atoms with van der Waals surface area (Å²) in [4.78, 5) is 16.0. The van der Waals surface area contributed by atoms with Gasteiger partial charge in [-0.1, -0.05) is 13.8 Å². The Labute approximate surface area is 161 Å². The molecule has 2 rings (SSSR count). The van der Waals surface area contributed by atoms with E-state index in [1.165, 1.54) is 6.07 Å². The Morgan fingerprint density at radius 1 is 1.37 bits per heavy atom. The average Bonchev–Trinajstić information content (AvgIpc) is 2.52. The zero-order chi connectivity index (χ0) is 20.4. The van der Waals surface area contributed by atoms with Gasteiger partial charge in [-0.2, -0.15) is 5.26 Å². The SMILES string of the molecule is CC(C)Cc1cc(F)c(C#N)c(N2CCN(C(=O)OC(C)(C)C)CC2C)c1. The van der Waals surface area contributed by atoms with Gasteiger partial charge in [0.25, 0.3) is 0 Å². The Balaban J connectivity index is 2.23.